The summed E-state index contributed by atoms with van der Waals surface area (Å²) in [5, 5.41) is 2.27. The van der Waals surface area contributed by atoms with E-state index in [0.717, 1.165) is 27.6 Å². The molecule has 0 amide bonds. The second-order valence-corrected chi connectivity index (χ2v) is 7.04. The Balaban J connectivity index is 1.90. The monoisotopic (exact) mass is 310 g/mol. The zero-order valence-corrected chi connectivity index (χ0v) is 14.5. The molecule has 1 heterocycles. The van der Waals surface area contributed by atoms with Gasteiger partial charge in [-0.3, -0.25) is 0 Å². The number of methoxy groups -OCH3 is 1. The first-order valence-corrected chi connectivity index (χ1v) is 7.86. The van der Waals surface area contributed by atoms with Crippen LogP contribution >= 0.6 is 0 Å². The van der Waals surface area contributed by atoms with Crippen molar-refractivity contribution >= 4 is 23.4 Å². The van der Waals surface area contributed by atoms with Crippen LogP contribution in [0.1, 0.15) is 33.3 Å². The van der Waals surface area contributed by atoms with Crippen LogP contribution in [0.5, 0.6) is 5.75 Å². The van der Waals surface area contributed by atoms with Gasteiger partial charge in [0.25, 0.3) is 0 Å². The highest BCUT2D eigenvalue weighted by Crippen LogP contribution is 2.40. The highest BCUT2D eigenvalue weighted by atomic mass is 16.7. The van der Waals surface area contributed by atoms with Gasteiger partial charge in [-0.25, -0.2) is 0 Å². The first-order chi connectivity index (χ1) is 10.7. The smallest absolute Gasteiger partial charge is 0.494 e. The predicted molar refractivity (Wildman–Crippen MR) is 95.6 cm³/mol. The molecule has 4 heteroatoms. The molecule has 0 saturated carbocycles. The Bertz CT molecular complexity index is 748. The van der Waals surface area contributed by atoms with Gasteiger partial charge < -0.3 is 14.0 Å². The fraction of sp³-hybridized carbons (Fsp3) is 0.368. The van der Waals surface area contributed by atoms with Crippen molar-refractivity contribution in [1.29, 1.82) is 0 Å². The second-order valence-electron chi connectivity index (χ2n) is 7.04. The average Bonchev–Trinajstić information content (AvgIpc) is 2.73. The van der Waals surface area contributed by atoms with Crippen LogP contribution in [0.2, 0.25) is 0 Å². The normalized spacial score (nSPS) is 19.1. The molecule has 3 nitrogen and oxygen atoms in total. The number of benzene rings is 2. The molecule has 23 heavy (non-hydrogen) atoms. The summed E-state index contributed by atoms with van der Waals surface area (Å²) in [5.41, 5.74) is 1.16. The molecule has 1 fully saturated rings. The van der Waals surface area contributed by atoms with E-state index in [2.05, 4.69) is 30.8 Å². The SMILES string of the molecule is C=C(B1OC(C)(C)C(C)(C)O1)c1ccc2cc(OC)ccc2c1. The molecule has 0 atom stereocenters. The van der Waals surface area contributed by atoms with Gasteiger partial charge in [-0.1, -0.05) is 24.8 Å². The molecule has 0 radical (unpaired) electrons. The minimum Gasteiger partial charge on any atom is -0.497 e. The Hall–Kier alpha value is -1.78. The fourth-order valence-corrected chi connectivity index (χ4v) is 2.67. The Morgan fingerprint density at radius 1 is 0.957 bits per heavy atom. The molecule has 0 aliphatic carbocycles. The van der Waals surface area contributed by atoms with Crippen LogP contribution in [-0.4, -0.2) is 25.4 Å². The van der Waals surface area contributed by atoms with Crippen molar-refractivity contribution in [1.82, 2.24) is 0 Å². The summed E-state index contributed by atoms with van der Waals surface area (Å²) in [4.78, 5) is 0. The first kappa shape index (κ1) is 16.1. The van der Waals surface area contributed by atoms with Gasteiger partial charge >= 0.3 is 7.12 Å². The lowest BCUT2D eigenvalue weighted by molar-refractivity contribution is 0.00578. The molecule has 120 valence electrons. The Morgan fingerprint density at radius 2 is 1.52 bits per heavy atom. The molecule has 0 aromatic heterocycles. The molecule has 0 N–H and O–H groups in total. The van der Waals surface area contributed by atoms with E-state index in [1.54, 1.807) is 7.11 Å². The molecule has 3 rings (SSSR count). The van der Waals surface area contributed by atoms with Gasteiger partial charge in [0.15, 0.2) is 0 Å². The van der Waals surface area contributed by atoms with E-state index in [1.165, 1.54) is 0 Å². The van der Waals surface area contributed by atoms with E-state index in [9.17, 15) is 0 Å². The van der Waals surface area contributed by atoms with E-state index >= 15 is 0 Å². The quantitative estimate of drug-likeness (QED) is 0.782. The average molecular weight is 310 g/mol. The molecule has 1 aliphatic rings. The third kappa shape index (κ3) is 2.77. The van der Waals surface area contributed by atoms with Gasteiger partial charge in [0.1, 0.15) is 5.75 Å². The molecule has 0 spiro atoms. The summed E-state index contributed by atoms with van der Waals surface area (Å²) >= 11 is 0. The van der Waals surface area contributed by atoms with Gasteiger partial charge in [-0.15, -0.1) is 0 Å². The maximum absolute atomic E-state index is 6.09. The van der Waals surface area contributed by atoms with Crippen molar-refractivity contribution in [3.05, 3.63) is 48.5 Å². The van der Waals surface area contributed by atoms with Crippen LogP contribution in [0, 0.1) is 0 Å². The van der Waals surface area contributed by atoms with E-state index in [1.807, 2.05) is 39.8 Å². The van der Waals surface area contributed by atoms with Gasteiger partial charge in [-0.2, -0.15) is 0 Å². The molecule has 1 aliphatic heterocycles. The molecule has 0 bridgehead atoms. The topological polar surface area (TPSA) is 27.7 Å². The fourth-order valence-electron chi connectivity index (χ4n) is 2.67. The summed E-state index contributed by atoms with van der Waals surface area (Å²) < 4.78 is 17.4. The zero-order chi connectivity index (χ0) is 16.8. The summed E-state index contributed by atoms with van der Waals surface area (Å²) in [6.45, 7) is 12.4. The first-order valence-electron chi connectivity index (χ1n) is 7.86. The van der Waals surface area contributed by atoms with Crippen LogP contribution in [-0.2, 0) is 9.31 Å². The summed E-state index contributed by atoms with van der Waals surface area (Å²) in [6.07, 6.45) is 0. The number of rotatable bonds is 3. The minimum absolute atomic E-state index is 0.356. The Morgan fingerprint density at radius 3 is 2.13 bits per heavy atom. The van der Waals surface area contributed by atoms with Crippen LogP contribution < -0.4 is 4.74 Å². The lowest BCUT2D eigenvalue weighted by atomic mass is 9.75. The van der Waals surface area contributed by atoms with E-state index in [0.29, 0.717) is 0 Å². The number of hydrogen-bond donors (Lipinski definition) is 0. The predicted octanol–water partition coefficient (Wildman–Crippen LogP) is 4.49. The van der Waals surface area contributed by atoms with Crippen molar-refractivity contribution in [2.24, 2.45) is 0 Å². The molecule has 1 saturated heterocycles. The minimum atomic E-state index is -0.421. The van der Waals surface area contributed by atoms with E-state index in [-0.39, 0.29) is 11.2 Å². The van der Waals surface area contributed by atoms with Gasteiger partial charge in [0.2, 0.25) is 0 Å². The van der Waals surface area contributed by atoms with Gasteiger partial charge in [-0.05, 0) is 67.7 Å². The second kappa shape index (κ2) is 5.39. The highest BCUT2D eigenvalue weighted by molar-refractivity contribution is 6.68. The lowest BCUT2D eigenvalue weighted by Crippen LogP contribution is -2.41. The molecular weight excluding hydrogens is 287 g/mol. The number of fused-ring (bicyclic) bond motifs is 1. The van der Waals surface area contributed by atoms with E-state index in [4.69, 9.17) is 14.0 Å². The lowest BCUT2D eigenvalue weighted by Gasteiger charge is -2.32. The standard InChI is InChI=1S/C19H23BO3/c1-13(20-22-18(2,3)19(4,5)23-20)14-7-8-16-12-17(21-6)10-9-15(16)11-14/h7-12H,1H2,2-6H3. The Labute approximate surface area is 138 Å². The highest BCUT2D eigenvalue weighted by Gasteiger charge is 2.52. The zero-order valence-electron chi connectivity index (χ0n) is 14.5. The number of hydrogen-bond acceptors (Lipinski definition) is 3. The summed E-state index contributed by atoms with van der Waals surface area (Å²) in [7, 11) is 1.26. The molecule has 0 unspecified atom stereocenters. The van der Waals surface area contributed by atoms with Crippen LogP contribution in [0.3, 0.4) is 0 Å². The number of ether oxygens (including phenoxy) is 1. The molecule has 2 aromatic carbocycles. The summed E-state index contributed by atoms with van der Waals surface area (Å²) in [5.74, 6) is 0.857. The van der Waals surface area contributed by atoms with Crippen molar-refractivity contribution < 1.29 is 14.0 Å². The maximum atomic E-state index is 6.09. The molecule has 2 aromatic rings. The van der Waals surface area contributed by atoms with Crippen molar-refractivity contribution in [3.8, 4) is 5.75 Å². The molecular formula is C19H23BO3. The summed E-state index contributed by atoms with van der Waals surface area (Å²) in [6, 6.07) is 12.3. The van der Waals surface area contributed by atoms with Crippen molar-refractivity contribution in [2.45, 2.75) is 38.9 Å². The van der Waals surface area contributed by atoms with Crippen LogP contribution in [0.15, 0.2) is 43.0 Å². The van der Waals surface area contributed by atoms with Crippen LogP contribution in [0.4, 0.5) is 0 Å². The van der Waals surface area contributed by atoms with Crippen LogP contribution in [0.25, 0.3) is 16.2 Å². The largest absolute Gasteiger partial charge is 0.497 e. The van der Waals surface area contributed by atoms with Gasteiger partial charge in [0, 0.05) is 0 Å². The van der Waals surface area contributed by atoms with Crippen molar-refractivity contribution in [3.63, 3.8) is 0 Å². The Kier molecular flexibility index (Phi) is 3.78. The maximum Gasteiger partial charge on any atom is 0.494 e. The third-order valence-electron chi connectivity index (χ3n) is 4.96. The van der Waals surface area contributed by atoms with Gasteiger partial charge in [0.05, 0.1) is 18.3 Å². The van der Waals surface area contributed by atoms with E-state index < -0.39 is 7.12 Å². The van der Waals surface area contributed by atoms with Crippen molar-refractivity contribution in [2.75, 3.05) is 7.11 Å². The third-order valence-corrected chi connectivity index (χ3v) is 4.96.